The fourth-order valence-corrected chi connectivity index (χ4v) is 4.48. The Kier molecular flexibility index (Phi) is 6.38. The Labute approximate surface area is 175 Å². The lowest BCUT2D eigenvalue weighted by Gasteiger charge is -2.12. The monoisotopic (exact) mass is 452 g/mol. The standard InChI is InChI=1S/C20H15F3N2O3S2/c1-13-4-2-3-5-16(13)17(12-24)18-10-11-19(29-18)25-28-30(26,27)15-8-6-14(7-9-15)20(21,22)23/h2-11,19,25H,1H3/b18-17+. The van der Waals surface area contributed by atoms with E-state index >= 15 is 0 Å². The van der Waals surface area contributed by atoms with Crippen LogP contribution in [0, 0.1) is 18.3 Å². The smallest absolute Gasteiger partial charge is 0.192 e. The van der Waals surface area contributed by atoms with Gasteiger partial charge in [0.25, 0.3) is 0 Å². The Balaban J connectivity index is 1.70. The maximum atomic E-state index is 12.6. The van der Waals surface area contributed by atoms with Crippen LogP contribution >= 0.6 is 11.8 Å². The van der Waals surface area contributed by atoms with E-state index < -0.39 is 32.1 Å². The van der Waals surface area contributed by atoms with E-state index in [1.54, 1.807) is 12.2 Å². The van der Waals surface area contributed by atoms with E-state index in [0.717, 1.165) is 23.3 Å². The Morgan fingerprint density at radius 2 is 1.83 bits per heavy atom. The predicted molar refractivity (Wildman–Crippen MR) is 107 cm³/mol. The molecular weight excluding hydrogens is 437 g/mol. The molecule has 0 aromatic heterocycles. The minimum Gasteiger partial charge on any atom is -0.192 e. The highest BCUT2D eigenvalue weighted by Crippen LogP contribution is 2.36. The summed E-state index contributed by atoms with van der Waals surface area (Å²) >= 11 is 1.19. The van der Waals surface area contributed by atoms with Crippen molar-refractivity contribution in [3.8, 4) is 6.07 Å². The molecule has 0 radical (unpaired) electrons. The first kappa shape index (κ1) is 22.1. The number of thioether (sulfide) groups is 1. The van der Waals surface area contributed by atoms with Crippen molar-refractivity contribution >= 4 is 27.5 Å². The number of allylic oxidation sites excluding steroid dienone is 2. The van der Waals surface area contributed by atoms with Crippen molar-refractivity contribution in [1.82, 2.24) is 5.48 Å². The molecule has 1 heterocycles. The Morgan fingerprint density at radius 3 is 2.43 bits per heavy atom. The van der Waals surface area contributed by atoms with E-state index in [1.165, 1.54) is 11.8 Å². The number of benzene rings is 2. The number of hydroxylamine groups is 1. The quantitative estimate of drug-likeness (QED) is 0.519. The molecule has 2 aromatic carbocycles. The third kappa shape index (κ3) is 4.94. The van der Waals surface area contributed by atoms with E-state index in [2.05, 4.69) is 11.5 Å². The fourth-order valence-electron chi connectivity index (χ4n) is 2.67. The molecule has 0 saturated carbocycles. The van der Waals surface area contributed by atoms with E-state index in [-0.39, 0.29) is 0 Å². The molecule has 0 spiro atoms. The summed E-state index contributed by atoms with van der Waals surface area (Å²) in [6.07, 6.45) is -1.26. The number of nitrogens with one attached hydrogen (secondary N) is 1. The summed E-state index contributed by atoms with van der Waals surface area (Å²) in [4.78, 5) is 0.225. The molecule has 3 rings (SSSR count). The second kappa shape index (κ2) is 8.65. The molecular formula is C20H15F3N2O3S2. The van der Waals surface area contributed by atoms with Gasteiger partial charge in [0.2, 0.25) is 0 Å². The topological polar surface area (TPSA) is 79.2 Å². The van der Waals surface area contributed by atoms with E-state index in [4.69, 9.17) is 4.28 Å². The van der Waals surface area contributed by atoms with Crippen molar-refractivity contribution in [2.75, 3.05) is 0 Å². The molecule has 0 bridgehead atoms. The summed E-state index contributed by atoms with van der Waals surface area (Å²) in [5, 5.41) is 8.95. The van der Waals surface area contributed by atoms with Gasteiger partial charge in [0.15, 0.2) is 0 Å². The second-order valence-corrected chi connectivity index (χ2v) is 8.97. The summed E-state index contributed by atoms with van der Waals surface area (Å²) in [6, 6.07) is 12.5. The maximum absolute atomic E-state index is 12.6. The molecule has 2 aromatic rings. The first-order valence-corrected chi connectivity index (χ1v) is 10.8. The zero-order valence-corrected chi connectivity index (χ0v) is 17.1. The van der Waals surface area contributed by atoms with E-state index in [0.29, 0.717) is 22.6 Å². The van der Waals surface area contributed by atoms with Gasteiger partial charge in [-0.2, -0.15) is 36.6 Å². The van der Waals surface area contributed by atoms with Gasteiger partial charge in [0.05, 0.1) is 16.0 Å². The van der Waals surface area contributed by atoms with Gasteiger partial charge in [-0.15, -0.1) is 0 Å². The van der Waals surface area contributed by atoms with Gasteiger partial charge >= 0.3 is 16.3 Å². The molecule has 0 aliphatic carbocycles. The van der Waals surface area contributed by atoms with Crippen molar-refractivity contribution in [1.29, 1.82) is 5.26 Å². The number of aryl methyl sites for hydroxylation is 1. The molecule has 1 aliphatic rings. The molecule has 1 aliphatic heterocycles. The number of nitriles is 1. The van der Waals surface area contributed by atoms with Gasteiger partial charge in [-0.05, 0) is 48.4 Å². The Bertz CT molecular complexity index is 1150. The highest BCUT2D eigenvalue weighted by atomic mass is 32.2. The van der Waals surface area contributed by atoms with Gasteiger partial charge in [-0.3, -0.25) is 0 Å². The average molecular weight is 452 g/mol. The summed E-state index contributed by atoms with van der Waals surface area (Å²) in [7, 11) is -4.32. The molecule has 5 nitrogen and oxygen atoms in total. The number of nitrogens with zero attached hydrogens (tertiary/aromatic N) is 1. The van der Waals surface area contributed by atoms with Crippen LogP contribution in [-0.4, -0.2) is 13.8 Å². The van der Waals surface area contributed by atoms with Crippen LogP contribution in [0.2, 0.25) is 0 Å². The zero-order valence-electron chi connectivity index (χ0n) is 15.5. The number of alkyl halides is 3. The van der Waals surface area contributed by atoms with Crippen molar-refractivity contribution in [3.63, 3.8) is 0 Å². The first-order chi connectivity index (χ1) is 14.1. The average Bonchev–Trinajstić information content (AvgIpc) is 3.17. The van der Waals surface area contributed by atoms with Crippen molar-refractivity contribution in [2.24, 2.45) is 0 Å². The molecule has 10 heteroatoms. The highest BCUT2D eigenvalue weighted by Gasteiger charge is 2.31. The van der Waals surface area contributed by atoms with Crippen LogP contribution in [-0.2, 0) is 20.6 Å². The number of rotatable bonds is 5. The first-order valence-electron chi connectivity index (χ1n) is 8.53. The summed E-state index contributed by atoms with van der Waals surface area (Å²) in [5.74, 6) is 0. The number of hydrogen-bond donors (Lipinski definition) is 1. The SMILES string of the molecule is Cc1ccccc1/C(C#N)=C1\C=CC(NOS(=O)(=O)c2ccc(C(F)(F)F)cc2)S1. The van der Waals surface area contributed by atoms with Crippen LogP contribution in [0.15, 0.2) is 70.5 Å². The molecule has 0 saturated heterocycles. The molecule has 1 N–H and O–H groups in total. The van der Waals surface area contributed by atoms with Crippen molar-refractivity contribution in [2.45, 2.75) is 23.4 Å². The second-order valence-electron chi connectivity index (χ2n) is 6.24. The molecule has 1 atom stereocenters. The lowest BCUT2D eigenvalue weighted by molar-refractivity contribution is -0.137. The third-order valence-electron chi connectivity index (χ3n) is 4.19. The number of halogens is 3. The van der Waals surface area contributed by atoms with Crippen LogP contribution < -0.4 is 5.48 Å². The Hall–Kier alpha value is -2.58. The molecule has 30 heavy (non-hydrogen) atoms. The molecule has 0 amide bonds. The van der Waals surface area contributed by atoms with Crippen LogP contribution in [0.4, 0.5) is 13.2 Å². The predicted octanol–water partition coefficient (Wildman–Crippen LogP) is 4.79. The van der Waals surface area contributed by atoms with E-state index in [9.17, 15) is 26.9 Å². The summed E-state index contributed by atoms with van der Waals surface area (Å²) < 4.78 is 67.1. The minimum absolute atomic E-state index is 0.414. The lowest BCUT2D eigenvalue weighted by atomic mass is 10.0. The number of hydrogen-bond acceptors (Lipinski definition) is 6. The van der Waals surface area contributed by atoms with Crippen molar-refractivity contribution < 1.29 is 25.9 Å². The van der Waals surface area contributed by atoms with Gasteiger partial charge in [-0.25, -0.2) is 0 Å². The summed E-state index contributed by atoms with van der Waals surface area (Å²) in [5.41, 5.74) is 3.55. The van der Waals surface area contributed by atoms with Gasteiger partial charge in [-0.1, -0.05) is 42.1 Å². The van der Waals surface area contributed by atoms with Gasteiger partial charge in [0.1, 0.15) is 11.4 Å². The maximum Gasteiger partial charge on any atom is 0.416 e. The van der Waals surface area contributed by atoms with Crippen LogP contribution in [0.5, 0.6) is 0 Å². The Morgan fingerprint density at radius 1 is 1.17 bits per heavy atom. The van der Waals surface area contributed by atoms with Crippen LogP contribution in [0.1, 0.15) is 16.7 Å². The van der Waals surface area contributed by atoms with Gasteiger partial charge < -0.3 is 0 Å². The van der Waals surface area contributed by atoms with Crippen LogP contribution in [0.25, 0.3) is 5.57 Å². The summed E-state index contributed by atoms with van der Waals surface area (Å²) in [6.45, 7) is 1.88. The molecule has 1 unspecified atom stereocenters. The lowest BCUT2D eigenvalue weighted by Crippen LogP contribution is -2.26. The third-order valence-corrected chi connectivity index (χ3v) is 6.46. The van der Waals surface area contributed by atoms with E-state index in [1.807, 2.05) is 31.2 Å². The van der Waals surface area contributed by atoms with Gasteiger partial charge in [0, 0.05) is 4.91 Å². The molecule has 156 valence electrons. The normalized spacial score (nSPS) is 18.3. The fraction of sp³-hybridized carbons (Fsp3) is 0.150. The van der Waals surface area contributed by atoms with Crippen molar-refractivity contribution in [3.05, 3.63) is 82.3 Å². The van der Waals surface area contributed by atoms with Crippen LogP contribution in [0.3, 0.4) is 0 Å². The largest absolute Gasteiger partial charge is 0.416 e. The highest BCUT2D eigenvalue weighted by molar-refractivity contribution is 8.04. The molecule has 0 fully saturated rings. The minimum atomic E-state index is -4.56. The zero-order chi connectivity index (χ0) is 21.9.